The Morgan fingerprint density at radius 1 is 1.39 bits per heavy atom. The normalized spacial score (nSPS) is 12.1. The summed E-state index contributed by atoms with van der Waals surface area (Å²) < 4.78 is 0. The maximum atomic E-state index is 12.1. The van der Waals surface area contributed by atoms with Crippen LogP contribution in [0.25, 0.3) is 0 Å². The van der Waals surface area contributed by atoms with E-state index in [4.69, 9.17) is 18.0 Å². The lowest BCUT2D eigenvalue weighted by Crippen LogP contribution is -2.45. The number of hydrogen-bond acceptors (Lipinski definition) is 3. The van der Waals surface area contributed by atoms with E-state index >= 15 is 0 Å². The number of amides is 2. The van der Waals surface area contributed by atoms with Crippen LogP contribution in [0.3, 0.4) is 0 Å². The molecule has 0 radical (unpaired) electrons. The predicted octanol–water partition coefficient (Wildman–Crippen LogP) is 0.529. The van der Waals surface area contributed by atoms with Gasteiger partial charge >= 0.3 is 0 Å². The van der Waals surface area contributed by atoms with E-state index < -0.39 is 5.92 Å². The highest BCUT2D eigenvalue weighted by molar-refractivity contribution is 7.80. The van der Waals surface area contributed by atoms with E-state index in [1.165, 1.54) is 4.90 Å². The first-order valence-corrected chi connectivity index (χ1v) is 6.53. The van der Waals surface area contributed by atoms with E-state index in [1.807, 2.05) is 20.8 Å². The Labute approximate surface area is 114 Å². The molecule has 104 valence electrons. The minimum Gasteiger partial charge on any atom is -0.393 e. The van der Waals surface area contributed by atoms with Gasteiger partial charge in [0.2, 0.25) is 11.8 Å². The average Bonchev–Trinajstić information content (AvgIpc) is 2.25. The van der Waals surface area contributed by atoms with Crippen molar-refractivity contribution in [2.24, 2.45) is 17.6 Å². The Kier molecular flexibility index (Phi) is 7.50. The summed E-state index contributed by atoms with van der Waals surface area (Å²) in [6, 6.07) is 0. The van der Waals surface area contributed by atoms with Crippen molar-refractivity contribution in [3.05, 3.63) is 0 Å². The van der Waals surface area contributed by atoms with Gasteiger partial charge in [-0.25, -0.2) is 0 Å². The zero-order chi connectivity index (χ0) is 14.3. The van der Waals surface area contributed by atoms with Crippen LogP contribution in [0.4, 0.5) is 0 Å². The molecule has 0 spiro atoms. The van der Waals surface area contributed by atoms with Gasteiger partial charge < -0.3 is 16.0 Å². The third kappa shape index (κ3) is 5.44. The lowest BCUT2D eigenvalue weighted by molar-refractivity contribution is -0.137. The highest BCUT2D eigenvalue weighted by Crippen LogP contribution is 2.14. The number of nitrogens with two attached hydrogens (primary N) is 1. The molecule has 0 bridgehead atoms. The molecule has 6 heteroatoms. The molecule has 0 saturated heterocycles. The second kappa shape index (κ2) is 8.02. The van der Waals surface area contributed by atoms with Gasteiger partial charge in [0.25, 0.3) is 0 Å². The molecule has 0 heterocycles. The number of nitrogens with one attached hydrogen (secondary N) is 1. The highest BCUT2D eigenvalue weighted by atomic mass is 32.1. The van der Waals surface area contributed by atoms with Crippen molar-refractivity contribution in [1.82, 2.24) is 10.2 Å². The van der Waals surface area contributed by atoms with Crippen molar-refractivity contribution >= 4 is 29.0 Å². The minimum absolute atomic E-state index is 0.0242. The van der Waals surface area contributed by atoms with E-state index in [0.29, 0.717) is 6.54 Å². The van der Waals surface area contributed by atoms with Crippen molar-refractivity contribution in [1.29, 1.82) is 0 Å². The predicted molar refractivity (Wildman–Crippen MR) is 76.1 cm³/mol. The van der Waals surface area contributed by atoms with E-state index in [1.54, 1.807) is 7.05 Å². The first kappa shape index (κ1) is 16.8. The molecule has 0 saturated carbocycles. The standard InChI is InChI=1S/C12H23N3O2S/c1-5-6-14-9(16)7-15(4)12(17)10(8(2)3)11(13)18/h8,10H,5-7H2,1-4H3,(H2,13,18)(H,14,16). The first-order valence-electron chi connectivity index (χ1n) is 6.12. The Balaban J connectivity index is 4.48. The summed E-state index contributed by atoms with van der Waals surface area (Å²) in [5.74, 6) is -0.859. The van der Waals surface area contributed by atoms with Crippen LogP contribution in [0.1, 0.15) is 27.2 Å². The van der Waals surface area contributed by atoms with Crippen molar-refractivity contribution in [2.75, 3.05) is 20.1 Å². The van der Waals surface area contributed by atoms with Crippen LogP contribution in [-0.2, 0) is 9.59 Å². The minimum atomic E-state index is -0.510. The number of nitrogens with zero attached hydrogens (tertiary/aromatic N) is 1. The molecule has 0 aromatic carbocycles. The van der Waals surface area contributed by atoms with Gasteiger partial charge in [0, 0.05) is 13.6 Å². The maximum Gasteiger partial charge on any atom is 0.239 e. The SMILES string of the molecule is CCCNC(=O)CN(C)C(=O)C(C(N)=S)C(C)C. The van der Waals surface area contributed by atoms with E-state index in [-0.39, 0.29) is 29.3 Å². The Morgan fingerprint density at radius 3 is 2.33 bits per heavy atom. The van der Waals surface area contributed by atoms with E-state index in [2.05, 4.69) is 5.32 Å². The molecule has 0 aliphatic rings. The van der Waals surface area contributed by atoms with Crippen molar-refractivity contribution in [3.63, 3.8) is 0 Å². The first-order chi connectivity index (χ1) is 8.31. The summed E-state index contributed by atoms with van der Waals surface area (Å²) in [6.45, 7) is 6.38. The maximum absolute atomic E-state index is 12.1. The fraction of sp³-hybridized carbons (Fsp3) is 0.750. The molecule has 3 N–H and O–H groups in total. The van der Waals surface area contributed by atoms with Gasteiger partial charge in [0.1, 0.15) is 0 Å². The molecule has 0 aliphatic carbocycles. The van der Waals surface area contributed by atoms with Gasteiger partial charge in [-0.15, -0.1) is 0 Å². The second-order valence-electron chi connectivity index (χ2n) is 4.67. The van der Waals surface area contributed by atoms with Crippen molar-refractivity contribution in [3.8, 4) is 0 Å². The Hall–Kier alpha value is -1.17. The molecule has 0 aliphatic heterocycles. The summed E-state index contributed by atoms with van der Waals surface area (Å²) in [5, 5.41) is 2.72. The monoisotopic (exact) mass is 273 g/mol. The second-order valence-corrected chi connectivity index (χ2v) is 5.14. The lowest BCUT2D eigenvalue weighted by atomic mass is 9.94. The van der Waals surface area contributed by atoms with Crippen LogP contribution < -0.4 is 11.1 Å². The molecular weight excluding hydrogens is 250 g/mol. The zero-order valence-electron chi connectivity index (χ0n) is 11.5. The van der Waals surface area contributed by atoms with Crippen LogP contribution in [0.2, 0.25) is 0 Å². The number of carbonyl (C=O) groups is 2. The zero-order valence-corrected chi connectivity index (χ0v) is 12.3. The summed E-state index contributed by atoms with van der Waals surface area (Å²) in [7, 11) is 1.58. The molecule has 0 fully saturated rings. The average molecular weight is 273 g/mol. The van der Waals surface area contributed by atoms with Gasteiger partial charge in [0.05, 0.1) is 17.5 Å². The molecule has 1 atom stereocenters. The van der Waals surface area contributed by atoms with Crippen molar-refractivity contribution < 1.29 is 9.59 Å². The number of thiocarbonyl (C=S) groups is 1. The van der Waals surface area contributed by atoms with Crippen LogP contribution in [0.15, 0.2) is 0 Å². The Morgan fingerprint density at radius 2 is 1.94 bits per heavy atom. The molecule has 0 aromatic rings. The third-order valence-corrected chi connectivity index (χ3v) is 2.82. The molecule has 5 nitrogen and oxygen atoms in total. The third-order valence-electron chi connectivity index (χ3n) is 2.57. The Bertz CT molecular complexity index is 318. The summed E-state index contributed by atoms with van der Waals surface area (Å²) >= 11 is 4.90. The van der Waals surface area contributed by atoms with Gasteiger partial charge in [-0.3, -0.25) is 9.59 Å². The number of rotatable bonds is 7. The summed E-state index contributed by atoms with van der Waals surface area (Å²) in [6.07, 6.45) is 0.866. The van der Waals surface area contributed by atoms with Crippen LogP contribution >= 0.6 is 12.2 Å². The van der Waals surface area contributed by atoms with Crippen LogP contribution in [0.5, 0.6) is 0 Å². The quantitative estimate of drug-likeness (QED) is 0.664. The number of hydrogen-bond donors (Lipinski definition) is 2. The summed E-state index contributed by atoms with van der Waals surface area (Å²) in [5.41, 5.74) is 5.57. The molecule has 0 rings (SSSR count). The fourth-order valence-corrected chi connectivity index (χ4v) is 1.96. The van der Waals surface area contributed by atoms with E-state index in [9.17, 15) is 9.59 Å². The van der Waals surface area contributed by atoms with E-state index in [0.717, 1.165) is 6.42 Å². The molecule has 2 amide bonds. The van der Waals surface area contributed by atoms with Gasteiger partial charge in [-0.1, -0.05) is 33.0 Å². The van der Waals surface area contributed by atoms with Gasteiger partial charge in [0.15, 0.2) is 0 Å². The highest BCUT2D eigenvalue weighted by Gasteiger charge is 2.28. The molecule has 1 unspecified atom stereocenters. The summed E-state index contributed by atoms with van der Waals surface area (Å²) in [4.78, 5) is 25.2. The topological polar surface area (TPSA) is 75.4 Å². The largest absolute Gasteiger partial charge is 0.393 e. The number of likely N-dealkylation sites (N-methyl/N-ethyl adjacent to an activating group) is 1. The number of carbonyl (C=O) groups excluding carboxylic acids is 2. The van der Waals surface area contributed by atoms with Crippen molar-refractivity contribution in [2.45, 2.75) is 27.2 Å². The fourth-order valence-electron chi connectivity index (χ4n) is 1.59. The van der Waals surface area contributed by atoms with Gasteiger partial charge in [-0.05, 0) is 12.3 Å². The van der Waals surface area contributed by atoms with Crippen LogP contribution in [0, 0.1) is 11.8 Å². The molecule has 18 heavy (non-hydrogen) atoms. The smallest absolute Gasteiger partial charge is 0.239 e. The van der Waals surface area contributed by atoms with Gasteiger partial charge in [-0.2, -0.15) is 0 Å². The molecule has 0 aromatic heterocycles. The van der Waals surface area contributed by atoms with Crippen LogP contribution in [-0.4, -0.2) is 41.8 Å². The molecular formula is C12H23N3O2S. The lowest BCUT2D eigenvalue weighted by Gasteiger charge is -2.25.